The molecule has 9 nitrogen and oxygen atoms in total. The maximum Gasteiger partial charge on any atom is 0.275 e. The predicted molar refractivity (Wildman–Crippen MR) is 140 cm³/mol. The maximum atomic E-state index is 13.6. The van der Waals surface area contributed by atoms with E-state index in [9.17, 15) is 9.59 Å². The number of ether oxygens (including phenoxy) is 2. The van der Waals surface area contributed by atoms with E-state index in [1.807, 2.05) is 48.5 Å². The van der Waals surface area contributed by atoms with Crippen molar-refractivity contribution in [2.45, 2.75) is 19.0 Å². The molecule has 3 aromatic rings. The van der Waals surface area contributed by atoms with Gasteiger partial charge in [0.25, 0.3) is 11.8 Å². The summed E-state index contributed by atoms with van der Waals surface area (Å²) in [6.07, 6.45) is 0.524. The molecule has 4 heterocycles. The van der Waals surface area contributed by atoms with Gasteiger partial charge in [-0.25, -0.2) is 4.68 Å². The topological polar surface area (TPSA) is 80.1 Å². The van der Waals surface area contributed by atoms with Gasteiger partial charge in [0.05, 0.1) is 25.4 Å². The lowest BCUT2D eigenvalue weighted by Gasteiger charge is -2.33. The van der Waals surface area contributed by atoms with Crippen LogP contribution in [-0.2, 0) is 22.5 Å². The summed E-state index contributed by atoms with van der Waals surface area (Å²) in [6.45, 7) is 3.88. The number of amides is 2. The van der Waals surface area contributed by atoms with E-state index in [-0.39, 0.29) is 18.4 Å². The lowest BCUT2D eigenvalue weighted by atomic mass is 10.0. The van der Waals surface area contributed by atoms with Crippen LogP contribution in [0.25, 0.3) is 0 Å². The van der Waals surface area contributed by atoms with Crippen LogP contribution in [0.3, 0.4) is 0 Å². The van der Waals surface area contributed by atoms with E-state index >= 15 is 0 Å². The number of morpholine rings is 1. The standard InChI is InChI=1S/C27H28ClN5O4/c1-30-21-8-7-19(31-11-13-36-14-12-31)15-23(21)37-17-22(26(30)34)32-10-9-20-24(27(32)35)29-33(25(20)28)16-18-5-3-2-4-6-18/h2-8,15,22H,9-14,16-17H2,1H3/t22-/m0/s1. The largest absolute Gasteiger partial charge is 0.489 e. The number of halogens is 1. The van der Waals surface area contributed by atoms with Crippen LogP contribution in [-0.4, -0.2) is 79.0 Å². The maximum absolute atomic E-state index is 13.6. The van der Waals surface area contributed by atoms with Crippen LogP contribution in [0.1, 0.15) is 21.6 Å². The summed E-state index contributed by atoms with van der Waals surface area (Å²) in [6, 6.07) is 14.9. The lowest BCUT2D eigenvalue weighted by Crippen LogP contribution is -2.54. The van der Waals surface area contributed by atoms with Gasteiger partial charge in [-0.15, -0.1) is 0 Å². The van der Waals surface area contributed by atoms with Crippen LogP contribution in [0.5, 0.6) is 5.75 Å². The Balaban J connectivity index is 1.24. The van der Waals surface area contributed by atoms with E-state index in [0.717, 1.165) is 29.9 Å². The fourth-order valence-corrected chi connectivity index (χ4v) is 5.50. The average molecular weight is 522 g/mol. The zero-order valence-corrected chi connectivity index (χ0v) is 21.4. The number of carbonyl (C=O) groups excluding carboxylic acids is 2. The summed E-state index contributed by atoms with van der Waals surface area (Å²) in [5.74, 6) is 0.137. The van der Waals surface area contributed by atoms with E-state index in [1.54, 1.807) is 21.5 Å². The van der Waals surface area contributed by atoms with Crippen molar-refractivity contribution in [2.24, 2.45) is 0 Å². The summed E-state index contributed by atoms with van der Waals surface area (Å²) >= 11 is 6.63. The highest BCUT2D eigenvalue weighted by Gasteiger charge is 2.41. The molecule has 0 aliphatic carbocycles. The second-order valence-corrected chi connectivity index (χ2v) is 9.84. The molecule has 0 saturated carbocycles. The molecule has 10 heteroatoms. The third-order valence-corrected chi connectivity index (χ3v) is 7.72. The number of likely N-dealkylation sites (N-methyl/N-ethyl adjacent to an activating group) is 1. The van der Waals surface area contributed by atoms with Crippen LogP contribution in [0.2, 0.25) is 5.15 Å². The zero-order valence-electron chi connectivity index (χ0n) is 20.6. The molecule has 0 bridgehead atoms. The van der Waals surface area contributed by atoms with Gasteiger partial charge in [-0.05, 0) is 24.1 Å². The molecule has 1 aromatic heterocycles. The van der Waals surface area contributed by atoms with Gasteiger partial charge in [-0.1, -0.05) is 41.9 Å². The number of nitrogens with zero attached hydrogens (tertiary/aromatic N) is 5. The molecule has 1 fully saturated rings. The highest BCUT2D eigenvalue weighted by molar-refractivity contribution is 6.31. The van der Waals surface area contributed by atoms with Gasteiger partial charge in [-0.2, -0.15) is 5.10 Å². The SMILES string of the molecule is CN1C(=O)[C@@H](N2CCc3c(nn(Cc4ccccc4)c3Cl)C2=O)COc2cc(N3CCOCC3)ccc21. The van der Waals surface area contributed by atoms with Gasteiger partial charge in [0.2, 0.25) is 0 Å². The fourth-order valence-electron chi connectivity index (χ4n) is 5.22. The molecule has 1 saturated heterocycles. The first kappa shape index (κ1) is 23.8. The molecule has 1 atom stereocenters. The second kappa shape index (κ2) is 9.72. The quantitative estimate of drug-likeness (QED) is 0.525. The molecular weight excluding hydrogens is 494 g/mol. The van der Waals surface area contributed by atoms with Crippen LogP contribution >= 0.6 is 11.6 Å². The van der Waals surface area contributed by atoms with Crippen molar-refractivity contribution >= 4 is 34.8 Å². The first-order valence-corrected chi connectivity index (χ1v) is 12.9. The molecule has 192 valence electrons. The van der Waals surface area contributed by atoms with E-state index < -0.39 is 6.04 Å². The van der Waals surface area contributed by atoms with Crippen molar-refractivity contribution in [1.82, 2.24) is 14.7 Å². The van der Waals surface area contributed by atoms with Crippen molar-refractivity contribution in [2.75, 3.05) is 56.3 Å². The molecule has 37 heavy (non-hydrogen) atoms. The number of aromatic nitrogens is 2. The van der Waals surface area contributed by atoms with Crippen molar-refractivity contribution in [3.63, 3.8) is 0 Å². The van der Waals surface area contributed by atoms with E-state index in [0.29, 0.717) is 55.0 Å². The van der Waals surface area contributed by atoms with Crippen LogP contribution in [0.15, 0.2) is 48.5 Å². The summed E-state index contributed by atoms with van der Waals surface area (Å²) in [5.41, 5.74) is 3.78. The minimum atomic E-state index is -0.761. The summed E-state index contributed by atoms with van der Waals surface area (Å²) in [5, 5.41) is 5.02. The molecular formula is C27H28ClN5O4. The average Bonchev–Trinajstić information content (AvgIpc) is 3.19. The van der Waals surface area contributed by atoms with E-state index in [4.69, 9.17) is 21.1 Å². The Kier molecular flexibility index (Phi) is 6.26. The Hall–Kier alpha value is -3.56. The first-order chi connectivity index (χ1) is 18.0. The number of hydrogen-bond acceptors (Lipinski definition) is 6. The number of anilines is 2. The molecule has 3 aliphatic rings. The Morgan fingerprint density at radius 2 is 1.84 bits per heavy atom. The van der Waals surface area contributed by atoms with E-state index in [2.05, 4.69) is 10.00 Å². The molecule has 3 aliphatic heterocycles. The number of benzene rings is 2. The number of rotatable bonds is 4. The molecule has 2 aromatic carbocycles. The third kappa shape index (κ3) is 4.32. The fraction of sp³-hybridized carbons (Fsp3) is 0.370. The molecule has 6 rings (SSSR count). The van der Waals surface area contributed by atoms with E-state index in [1.165, 1.54) is 0 Å². The van der Waals surface area contributed by atoms with Gasteiger partial charge < -0.3 is 24.2 Å². The molecule has 0 unspecified atom stereocenters. The van der Waals surface area contributed by atoms with Crippen LogP contribution in [0, 0.1) is 0 Å². The minimum Gasteiger partial charge on any atom is -0.489 e. The lowest BCUT2D eigenvalue weighted by molar-refractivity contribution is -0.123. The van der Waals surface area contributed by atoms with Gasteiger partial charge in [0.15, 0.2) is 5.69 Å². The predicted octanol–water partition coefficient (Wildman–Crippen LogP) is 2.84. The Morgan fingerprint density at radius 1 is 1.05 bits per heavy atom. The van der Waals surface area contributed by atoms with Crippen molar-refractivity contribution in [1.29, 1.82) is 0 Å². The van der Waals surface area contributed by atoms with Crippen molar-refractivity contribution in [3.05, 3.63) is 70.5 Å². The zero-order chi connectivity index (χ0) is 25.5. The minimum absolute atomic E-state index is 0.0717. The van der Waals surface area contributed by atoms with Gasteiger partial charge in [0.1, 0.15) is 23.6 Å². The smallest absolute Gasteiger partial charge is 0.275 e. The molecule has 2 amide bonds. The number of carbonyl (C=O) groups is 2. The Bertz CT molecular complexity index is 1340. The third-order valence-electron chi connectivity index (χ3n) is 7.29. The number of hydrogen-bond donors (Lipinski definition) is 0. The summed E-state index contributed by atoms with van der Waals surface area (Å²) < 4.78 is 13.3. The van der Waals surface area contributed by atoms with Crippen LogP contribution < -0.4 is 14.5 Å². The normalized spacial score (nSPS) is 19.8. The first-order valence-electron chi connectivity index (χ1n) is 12.5. The van der Waals surface area contributed by atoms with Crippen molar-refractivity contribution < 1.29 is 19.1 Å². The Labute approximate surface area is 220 Å². The second-order valence-electron chi connectivity index (χ2n) is 9.49. The van der Waals surface area contributed by atoms with Gasteiger partial charge in [-0.3, -0.25) is 9.59 Å². The van der Waals surface area contributed by atoms with Crippen LogP contribution in [0.4, 0.5) is 11.4 Å². The summed E-state index contributed by atoms with van der Waals surface area (Å²) in [4.78, 5) is 32.5. The highest BCUT2D eigenvalue weighted by Crippen LogP contribution is 2.36. The Morgan fingerprint density at radius 3 is 2.62 bits per heavy atom. The molecule has 0 radical (unpaired) electrons. The monoisotopic (exact) mass is 521 g/mol. The van der Waals surface area contributed by atoms with Gasteiger partial charge in [0, 0.05) is 44.0 Å². The highest BCUT2D eigenvalue weighted by atomic mass is 35.5. The molecule has 0 spiro atoms. The number of fused-ring (bicyclic) bond motifs is 2. The van der Waals surface area contributed by atoms with Gasteiger partial charge >= 0.3 is 0 Å². The van der Waals surface area contributed by atoms with Crippen molar-refractivity contribution in [3.8, 4) is 5.75 Å². The molecule has 0 N–H and O–H groups in total. The summed E-state index contributed by atoms with van der Waals surface area (Å²) in [7, 11) is 1.72.